The van der Waals surface area contributed by atoms with Gasteiger partial charge in [-0.3, -0.25) is 14.3 Å². The molecule has 0 aliphatic heterocycles. The lowest BCUT2D eigenvalue weighted by molar-refractivity contribution is 0.102. The van der Waals surface area contributed by atoms with Crippen LogP contribution in [-0.4, -0.2) is 26.1 Å². The van der Waals surface area contributed by atoms with Gasteiger partial charge in [0.05, 0.1) is 11.1 Å². The van der Waals surface area contributed by atoms with Gasteiger partial charge in [-0.1, -0.05) is 23.7 Å². The Labute approximate surface area is 206 Å². The number of fused-ring (bicyclic) bond motifs is 1. The lowest BCUT2D eigenvalue weighted by Gasteiger charge is -2.11. The molecule has 0 spiro atoms. The Hall–Kier alpha value is -3.11. The third kappa shape index (κ3) is 5.59. The molecule has 1 aromatic heterocycles. The molecule has 5 nitrogen and oxygen atoms in total. The van der Waals surface area contributed by atoms with Crippen LogP contribution in [-0.2, 0) is 17.7 Å². The minimum Gasteiger partial charge on any atom is -0.294 e. The lowest BCUT2D eigenvalue weighted by Crippen LogP contribution is -2.18. The number of hydrogen-bond donors (Lipinski definition) is 2. The van der Waals surface area contributed by atoms with Gasteiger partial charge < -0.3 is 0 Å². The zero-order valence-electron chi connectivity index (χ0n) is 18.0. The Morgan fingerprint density at radius 3 is 2.46 bits per heavy atom. The smallest absolute Gasteiger partial charge is 0.231 e. The van der Waals surface area contributed by atoms with E-state index in [1.54, 1.807) is 30.5 Å². The number of aryl methyl sites for hydroxylation is 1. The summed E-state index contributed by atoms with van der Waals surface area (Å²) in [5, 5.41) is 1.14. The first kappa shape index (κ1) is 25.0. The Morgan fingerprint density at radius 1 is 1.00 bits per heavy atom. The molecule has 0 amide bonds. The van der Waals surface area contributed by atoms with Crippen LogP contribution in [0.4, 0.5) is 13.2 Å². The third-order valence-electron chi connectivity index (χ3n) is 5.43. The molecule has 0 aliphatic carbocycles. The summed E-state index contributed by atoms with van der Waals surface area (Å²) in [7, 11) is 0. The van der Waals surface area contributed by atoms with Crippen molar-refractivity contribution >= 4 is 39.6 Å². The fourth-order valence-electron chi connectivity index (χ4n) is 3.69. The van der Waals surface area contributed by atoms with E-state index in [1.165, 1.54) is 12.1 Å². The third-order valence-corrected chi connectivity index (χ3v) is 6.13. The van der Waals surface area contributed by atoms with Crippen LogP contribution in [0.2, 0.25) is 5.02 Å². The molecular formula is C25H18ClF3N2O3S. The molecule has 180 valence electrons. The summed E-state index contributed by atoms with van der Waals surface area (Å²) in [6.45, 7) is 0.0401. The fourth-order valence-corrected chi connectivity index (χ4v) is 4.14. The number of pyridine rings is 1. The number of ketones is 1. The molecule has 4 aromatic rings. The second kappa shape index (κ2) is 10.7. The van der Waals surface area contributed by atoms with Crippen LogP contribution in [0.1, 0.15) is 27.9 Å². The number of rotatable bonds is 8. The zero-order valence-corrected chi connectivity index (χ0v) is 19.6. The van der Waals surface area contributed by atoms with Crippen LogP contribution < -0.4 is 4.72 Å². The average molecular weight is 519 g/mol. The Balaban J connectivity index is 1.68. The highest BCUT2D eigenvalue weighted by Gasteiger charge is 2.25. The number of carbonyl (C=O) groups is 1. The van der Waals surface area contributed by atoms with Gasteiger partial charge in [-0.15, -0.1) is 0 Å². The lowest BCUT2D eigenvalue weighted by atomic mass is 9.96. The summed E-state index contributed by atoms with van der Waals surface area (Å²) in [6.07, 6.45) is 1.75. The highest BCUT2D eigenvalue weighted by Crippen LogP contribution is 2.28. The number of hydrogen-bond acceptors (Lipinski definition) is 3. The maximum atomic E-state index is 15.1. The summed E-state index contributed by atoms with van der Waals surface area (Å²) in [5.41, 5.74) is 0.937. The molecule has 1 heterocycles. The van der Waals surface area contributed by atoms with Crippen molar-refractivity contribution in [3.05, 3.63) is 100.0 Å². The first-order chi connectivity index (χ1) is 16.7. The molecule has 10 heteroatoms. The Bertz CT molecular complexity index is 1450. The number of halogens is 4. The van der Waals surface area contributed by atoms with E-state index >= 15 is 4.39 Å². The molecule has 0 bridgehead atoms. The van der Waals surface area contributed by atoms with Crippen LogP contribution in [0, 0.1) is 17.5 Å². The van der Waals surface area contributed by atoms with Gasteiger partial charge in [0.1, 0.15) is 5.82 Å². The second-order valence-corrected chi connectivity index (χ2v) is 8.96. The summed E-state index contributed by atoms with van der Waals surface area (Å²) < 4.78 is 65.5. The van der Waals surface area contributed by atoms with E-state index in [4.69, 9.17) is 16.2 Å². The molecule has 0 saturated carbocycles. The maximum absolute atomic E-state index is 15.1. The molecule has 0 fully saturated rings. The van der Waals surface area contributed by atoms with Gasteiger partial charge in [0, 0.05) is 34.3 Å². The van der Waals surface area contributed by atoms with Gasteiger partial charge in [0.15, 0.2) is 17.4 Å². The van der Waals surface area contributed by atoms with Crippen LogP contribution in [0.5, 0.6) is 0 Å². The predicted molar refractivity (Wildman–Crippen MR) is 129 cm³/mol. The molecule has 35 heavy (non-hydrogen) atoms. The molecular weight excluding hydrogens is 501 g/mol. The molecule has 2 N–H and O–H groups in total. The van der Waals surface area contributed by atoms with Crippen molar-refractivity contribution in [1.82, 2.24) is 9.71 Å². The molecule has 0 saturated heterocycles. The van der Waals surface area contributed by atoms with E-state index in [9.17, 15) is 17.8 Å². The number of benzene rings is 3. The van der Waals surface area contributed by atoms with Crippen LogP contribution >= 0.6 is 11.6 Å². The van der Waals surface area contributed by atoms with E-state index in [0.29, 0.717) is 22.0 Å². The number of nitrogens with one attached hydrogen (secondary N) is 1. The van der Waals surface area contributed by atoms with E-state index < -0.39 is 40.1 Å². The van der Waals surface area contributed by atoms with Gasteiger partial charge in [-0.25, -0.2) is 22.1 Å². The molecule has 3 aromatic carbocycles. The van der Waals surface area contributed by atoms with Gasteiger partial charge in [0.25, 0.3) is 0 Å². The quantitative estimate of drug-likeness (QED) is 0.132. The van der Waals surface area contributed by atoms with E-state index in [1.807, 2.05) is 12.1 Å². The number of carbonyl (C=O) groups excluding carboxylic acids is 1. The van der Waals surface area contributed by atoms with Crippen LogP contribution in [0.3, 0.4) is 0 Å². The second-order valence-electron chi connectivity index (χ2n) is 7.74. The highest BCUT2D eigenvalue weighted by molar-refractivity contribution is 7.77. The largest absolute Gasteiger partial charge is 0.294 e. The molecule has 4 rings (SSSR count). The maximum Gasteiger partial charge on any atom is 0.231 e. The molecule has 1 atom stereocenters. The number of nitrogens with zero attached hydrogens (tertiary/aromatic N) is 1. The Kier molecular flexibility index (Phi) is 7.61. The van der Waals surface area contributed by atoms with Crippen molar-refractivity contribution < 1.29 is 26.7 Å². The molecule has 0 aliphatic rings. The standard InChI is InChI=1S/C25H18ClF3N2O3S/c26-19-6-3-14(4-7-19)18-11-17-10-16(5-8-21(17)30-13-18)25(32)22-23(28)15(12-20(27)24(22)29)2-1-9-31-35(33)34/h3-8,10-13,31H,1-2,9H2,(H,33,34). The summed E-state index contributed by atoms with van der Waals surface area (Å²) >= 11 is 3.69. The van der Waals surface area contributed by atoms with Gasteiger partial charge in [0.2, 0.25) is 11.3 Å². The Morgan fingerprint density at radius 2 is 1.74 bits per heavy atom. The van der Waals surface area contributed by atoms with Crippen LogP contribution in [0.15, 0.2) is 60.8 Å². The van der Waals surface area contributed by atoms with E-state index in [0.717, 1.165) is 11.1 Å². The molecule has 0 radical (unpaired) electrons. The monoisotopic (exact) mass is 518 g/mol. The molecule has 1 unspecified atom stereocenters. The van der Waals surface area contributed by atoms with Crippen molar-refractivity contribution in [2.75, 3.05) is 6.54 Å². The number of aromatic nitrogens is 1. The normalized spacial score (nSPS) is 12.1. The summed E-state index contributed by atoms with van der Waals surface area (Å²) in [5.74, 6) is -5.09. The van der Waals surface area contributed by atoms with Crippen molar-refractivity contribution in [2.45, 2.75) is 12.8 Å². The minimum absolute atomic E-state index is 0.0285. The predicted octanol–water partition coefficient (Wildman–Crippen LogP) is 5.86. The first-order valence-corrected chi connectivity index (χ1v) is 11.9. The van der Waals surface area contributed by atoms with Gasteiger partial charge >= 0.3 is 0 Å². The van der Waals surface area contributed by atoms with Crippen LogP contribution in [0.25, 0.3) is 22.0 Å². The van der Waals surface area contributed by atoms with Crippen molar-refractivity contribution in [2.24, 2.45) is 0 Å². The van der Waals surface area contributed by atoms with Crippen molar-refractivity contribution in [3.63, 3.8) is 0 Å². The van der Waals surface area contributed by atoms with Crippen molar-refractivity contribution in [3.8, 4) is 11.1 Å². The average Bonchev–Trinajstić information content (AvgIpc) is 2.84. The zero-order chi connectivity index (χ0) is 25.1. The topological polar surface area (TPSA) is 79.3 Å². The summed E-state index contributed by atoms with van der Waals surface area (Å²) in [6, 6.07) is 13.9. The van der Waals surface area contributed by atoms with Gasteiger partial charge in [-0.05, 0) is 66.4 Å². The van der Waals surface area contributed by atoms with E-state index in [2.05, 4.69) is 9.71 Å². The fraction of sp³-hybridized carbons (Fsp3) is 0.120. The summed E-state index contributed by atoms with van der Waals surface area (Å²) in [4.78, 5) is 17.5. The first-order valence-electron chi connectivity index (χ1n) is 10.5. The SMILES string of the molecule is O=C(c1ccc2ncc(-c3ccc(Cl)cc3)cc2c1)c1c(F)c(F)cc(CCCNS(=O)O)c1F. The highest BCUT2D eigenvalue weighted by atomic mass is 35.5. The minimum atomic E-state index is -2.24. The van der Waals surface area contributed by atoms with Gasteiger partial charge in [-0.2, -0.15) is 0 Å². The van der Waals surface area contributed by atoms with E-state index in [-0.39, 0.29) is 30.5 Å². The van der Waals surface area contributed by atoms with Crippen molar-refractivity contribution in [1.29, 1.82) is 0 Å².